The second kappa shape index (κ2) is 12.7. The van der Waals surface area contributed by atoms with E-state index >= 15 is 0 Å². The third kappa shape index (κ3) is 8.55. The van der Waals surface area contributed by atoms with Crippen LogP contribution in [0.25, 0.3) is 0 Å². The van der Waals surface area contributed by atoms with Gasteiger partial charge < -0.3 is 20.3 Å². The van der Waals surface area contributed by atoms with E-state index in [0.29, 0.717) is 0 Å². The Labute approximate surface area is 151 Å². The van der Waals surface area contributed by atoms with Crippen molar-refractivity contribution < 1.29 is 4.74 Å². The molecule has 0 aliphatic rings. The normalized spacial score (nSPS) is 11.2. The first-order valence-electron chi connectivity index (χ1n) is 7.34. The lowest BCUT2D eigenvalue weighted by molar-refractivity contribution is 0.162. The number of hydrogen-bond acceptors (Lipinski definition) is 3. The minimum Gasteiger partial charge on any atom is -0.383 e. The molecule has 1 aromatic rings. The van der Waals surface area contributed by atoms with Crippen molar-refractivity contribution in [3.05, 3.63) is 35.4 Å². The van der Waals surface area contributed by atoms with Crippen molar-refractivity contribution in [3.63, 3.8) is 0 Å². The molecule has 0 aliphatic heterocycles. The van der Waals surface area contributed by atoms with Gasteiger partial charge >= 0.3 is 0 Å². The van der Waals surface area contributed by atoms with Gasteiger partial charge in [0.2, 0.25) is 0 Å². The second-order valence-electron chi connectivity index (χ2n) is 5.08. The van der Waals surface area contributed by atoms with E-state index in [1.807, 2.05) is 0 Å². The van der Waals surface area contributed by atoms with Gasteiger partial charge in [-0.05, 0) is 25.1 Å². The maximum Gasteiger partial charge on any atom is 0.191 e. The molecular formula is C16H29IN4O. The molecule has 0 saturated heterocycles. The van der Waals surface area contributed by atoms with Crippen molar-refractivity contribution in [1.82, 2.24) is 15.5 Å². The van der Waals surface area contributed by atoms with E-state index in [1.165, 1.54) is 11.1 Å². The number of halogens is 1. The monoisotopic (exact) mass is 420 g/mol. The van der Waals surface area contributed by atoms with Crippen LogP contribution in [0.4, 0.5) is 0 Å². The minimum atomic E-state index is 0. The van der Waals surface area contributed by atoms with Gasteiger partial charge in [0, 0.05) is 40.3 Å². The molecule has 1 rings (SSSR count). The lowest BCUT2D eigenvalue weighted by atomic mass is 10.1. The Hall–Kier alpha value is -0.860. The van der Waals surface area contributed by atoms with Gasteiger partial charge in [-0.15, -0.1) is 24.0 Å². The van der Waals surface area contributed by atoms with Crippen molar-refractivity contribution in [2.45, 2.75) is 13.5 Å². The van der Waals surface area contributed by atoms with Gasteiger partial charge in [-0.1, -0.05) is 24.3 Å². The molecule has 22 heavy (non-hydrogen) atoms. The van der Waals surface area contributed by atoms with Crippen molar-refractivity contribution in [1.29, 1.82) is 0 Å². The summed E-state index contributed by atoms with van der Waals surface area (Å²) < 4.78 is 5.06. The summed E-state index contributed by atoms with van der Waals surface area (Å²) in [6.07, 6.45) is 0. The second-order valence-corrected chi connectivity index (χ2v) is 5.08. The number of aliphatic imine (C=N–C) groups is 1. The van der Waals surface area contributed by atoms with Crippen molar-refractivity contribution in [2.24, 2.45) is 4.99 Å². The molecule has 5 nitrogen and oxygen atoms in total. The van der Waals surface area contributed by atoms with Gasteiger partial charge in [-0.2, -0.15) is 0 Å². The highest BCUT2D eigenvalue weighted by Crippen LogP contribution is 2.05. The summed E-state index contributed by atoms with van der Waals surface area (Å²) in [4.78, 5) is 6.47. The van der Waals surface area contributed by atoms with Crippen molar-refractivity contribution in [2.75, 3.05) is 47.4 Å². The Kier molecular flexibility index (Phi) is 12.2. The van der Waals surface area contributed by atoms with Gasteiger partial charge in [-0.25, -0.2) is 0 Å². The SMILES string of the molecule is CN=C(NCCN(C)CCOC)NCc1ccccc1C.I. The van der Waals surface area contributed by atoms with Crippen LogP contribution in [-0.4, -0.2) is 58.3 Å². The summed E-state index contributed by atoms with van der Waals surface area (Å²) >= 11 is 0. The van der Waals surface area contributed by atoms with Crippen LogP contribution in [0.15, 0.2) is 29.3 Å². The smallest absolute Gasteiger partial charge is 0.191 e. The zero-order chi connectivity index (χ0) is 15.5. The van der Waals surface area contributed by atoms with E-state index in [2.05, 4.69) is 58.8 Å². The molecule has 126 valence electrons. The number of nitrogens with one attached hydrogen (secondary N) is 2. The molecular weight excluding hydrogens is 391 g/mol. The van der Waals surface area contributed by atoms with E-state index in [4.69, 9.17) is 4.74 Å². The Morgan fingerprint density at radius 3 is 2.59 bits per heavy atom. The number of nitrogens with zero attached hydrogens (tertiary/aromatic N) is 2. The van der Waals surface area contributed by atoms with E-state index in [1.54, 1.807) is 14.2 Å². The molecule has 1 aromatic carbocycles. The average molecular weight is 420 g/mol. The summed E-state index contributed by atoms with van der Waals surface area (Å²) in [7, 11) is 5.61. The number of guanidine groups is 1. The highest BCUT2D eigenvalue weighted by Gasteiger charge is 2.01. The fourth-order valence-corrected chi connectivity index (χ4v) is 1.93. The number of ether oxygens (including phenoxy) is 1. The molecule has 0 unspecified atom stereocenters. The third-order valence-corrected chi connectivity index (χ3v) is 3.39. The summed E-state index contributed by atoms with van der Waals surface area (Å²) in [5.74, 6) is 0.832. The van der Waals surface area contributed by atoms with Crippen LogP contribution >= 0.6 is 24.0 Å². The molecule has 0 fully saturated rings. The first kappa shape index (κ1) is 21.1. The van der Waals surface area contributed by atoms with E-state index in [0.717, 1.165) is 38.7 Å². The molecule has 0 radical (unpaired) electrons. The predicted molar refractivity (Wildman–Crippen MR) is 104 cm³/mol. The van der Waals surface area contributed by atoms with E-state index in [-0.39, 0.29) is 24.0 Å². The predicted octanol–water partition coefficient (Wildman–Crippen LogP) is 1.86. The number of rotatable bonds is 8. The van der Waals surface area contributed by atoms with Gasteiger partial charge in [-0.3, -0.25) is 4.99 Å². The molecule has 0 spiro atoms. The molecule has 0 bridgehead atoms. The molecule has 0 amide bonds. The van der Waals surface area contributed by atoms with E-state index in [9.17, 15) is 0 Å². The van der Waals surface area contributed by atoms with Crippen LogP contribution in [-0.2, 0) is 11.3 Å². The first-order chi connectivity index (χ1) is 10.2. The highest BCUT2D eigenvalue weighted by molar-refractivity contribution is 14.0. The van der Waals surface area contributed by atoms with Crippen molar-refractivity contribution in [3.8, 4) is 0 Å². The minimum absolute atomic E-state index is 0. The van der Waals surface area contributed by atoms with Crippen LogP contribution in [0.3, 0.4) is 0 Å². The number of aryl methyl sites for hydroxylation is 1. The summed E-state index contributed by atoms with van der Waals surface area (Å²) in [5.41, 5.74) is 2.58. The summed E-state index contributed by atoms with van der Waals surface area (Å²) in [6, 6.07) is 8.37. The Balaban J connectivity index is 0.00000441. The first-order valence-corrected chi connectivity index (χ1v) is 7.34. The Morgan fingerprint density at radius 1 is 1.23 bits per heavy atom. The molecule has 0 atom stereocenters. The van der Waals surface area contributed by atoms with E-state index < -0.39 is 0 Å². The van der Waals surface area contributed by atoms with Crippen LogP contribution in [0, 0.1) is 6.92 Å². The molecule has 0 heterocycles. The number of likely N-dealkylation sites (N-methyl/N-ethyl adjacent to an activating group) is 1. The molecule has 0 aliphatic carbocycles. The summed E-state index contributed by atoms with van der Waals surface area (Å²) in [6.45, 7) is 6.41. The molecule has 6 heteroatoms. The molecule has 0 saturated carbocycles. The van der Waals surface area contributed by atoms with Crippen molar-refractivity contribution >= 4 is 29.9 Å². The van der Waals surface area contributed by atoms with Gasteiger partial charge in [0.1, 0.15) is 0 Å². The van der Waals surface area contributed by atoms with Gasteiger partial charge in [0.25, 0.3) is 0 Å². The standard InChI is InChI=1S/C16H28N4O.HI/c1-14-7-5-6-8-15(14)13-19-16(17-2)18-9-10-20(3)11-12-21-4;/h5-8H,9-13H2,1-4H3,(H2,17,18,19);1H. The topological polar surface area (TPSA) is 48.9 Å². The van der Waals surface area contributed by atoms with Crippen LogP contribution in [0.5, 0.6) is 0 Å². The lowest BCUT2D eigenvalue weighted by Crippen LogP contribution is -2.41. The summed E-state index contributed by atoms with van der Waals surface area (Å²) in [5, 5.41) is 6.66. The molecule has 2 N–H and O–H groups in total. The number of hydrogen-bond donors (Lipinski definition) is 2. The highest BCUT2D eigenvalue weighted by atomic mass is 127. The van der Waals surface area contributed by atoms with Gasteiger partial charge in [0.15, 0.2) is 5.96 Å². The number of benzene rings is 1. The maximum absolute atomic E-state index is 5.06. The van der Waals surface area contributed by atoms with Crippen LogP contribution in [0.2, 0.25) is 0 Å². The third-order valence-electron chi connectivity index (χ3n) is 3.39. The largest absolute Gasteiger partial charge is 0.383 e. The Bertz CT molecular complexity index is 440. The lowest BCUT2D eigenvalue weighted by Gasteiger charge is -2.18. The zero-order valence-corrected chi connectivity index (χ0v) is 16.4. The van der Waals surface area contributed by atoms with Crippen LogP contribution < -0.4 is 10.6 Å². The zero-order valence-electron chi connectivity index (χ0n) is 14.1. The number of methoxy groups -OCH3 is 1. The molecule has 0 aromatic heterocycles. The average Bonchev–Trinajstić information content (AvgIpc) is 2.50. The Morgan fingerprint density at radius 2 is 1.95 bits per heavy atom. The fourth-order valence-electron chi connectivity index (χ4n) is 1.93. The van der Waals surface area contributed by atoms with Crippen LogP contribution in [0.1, 0.15) is 11.1 Å². The van der Waals surface area contributed by atoms with Gasteiger partial charge in [0.05, 0.1) is 6.61 Å². The maximum atomic E-state index is 5.06. The fraction of sp³-hybridized carbons (Fsp3) is 0.562. The quantitative estimate of drug-likeness (QED) is 0.383.